The largest absolute Gasteiger partial charge is 0.322 e. The van der Waals surface area contributed by atoms with Gasteiger partial charge in [-0.05, 0) is 46.3 Å². The van der Waals surface area contributed by atoms with Crippen molar-refractivity contribution in [2.45, 2.75) is 0 Å². The van der Waals surface area contributed by atoms with Crippen LogP contribution in [0, 0.1) is 17.5 Å². The number of halogens is 4. The van der Waals surface area contributed by atoms with Gasteiger partial charge < -0.3 is 5.32 Å². The van der Waals surface area contributed by atoms with E-state index in [-0.39, 0.29) is 15.7 Å². The number of rotatable bonds is 2. The van der Waals surface area contributed by atoms with Crippen LogP contribution in [0.2, 0.25) is 0 Å². The molecule has 0 aliphatic carbocycles. The van der Waals surface area contributed by atoms with Crippen molar-refractivity contribution in [3.05, 3.63) is 63.9 Å². The Hall–Kier alpha value is -1.82. The molecule has 2 nitrogen and oxygen atoms in total. The van der Waals surface area contributed by atoms with Crippen molar-refractivity contribution in [1.82, 2.24) is 0 Å². The maximum absolute atomic E-state index is 13.0. The van der Waals surface area contributed by atoms with Crippen molar-refractivity contribution in [2.75, 3.05) is 5.32 Å². The highest BCUT2D eigenvalue weighted by molar-refractivity contribution is 9.10. The second-order valence-corrected chi connectivity index (χ2v) is 4.60. The van der Waals surface area contributed by atoms with Crippen LogP contribution in [0.15, 0.2) is 40.9 Å². The average molecular weight is 330 g/mol. The molecule has 1 amide bonds. The zero-order valence-corrected chi connectivity index (χ0v) is 11.0. The van der Waals surface area contributed by atoms with Gasteiger partial charge in [0, 0.05) is 17.3 Å². The summed E-state index contributed by atoms with van der Waals surface area (Å²) in [5.41, 5.74) is 0.154. The van der Waals surface area contributed by atoms with Gasteiger partial charge in [0.05, 0.1) is 4.47 Å². The standard InChI is InChI=1S/C13H7BrF3NO/c14-11-3-7(1-2-12(11)17)13(19)18-10-5-8(15)4-9(16)6-10/h1-6H,(H,18,19). The number of hydrogen-bond acceptors (Lipinski definition) is 1. The molecule has 1 N–H and O–H groups in total. The number of anilines is 1. The summed E-state index contributed by atoms with van der Waals surface area (Å²) in [4.78, 5) is 11.8. The number of carbonyl (C=O) groups excluding carboxylic acids is 1. The SMILES string of the molecule is O=C(Nc1cc(F)cc(F)c1)c1ccc(F)c(Br)c1. The normalized spacial score (nSPS) is 10.3. The number of carbonyl (C=O) groups is 1. The summed E-state index contributed by atoms with van der Waals surface area (Å²) in [5, 5.41) is 2.32. The van der Waals surface area contributed by atoms with E-state index >= 15 is 0 Å². The Bertz CT molecular complexity index is 626. The minimum atomic E-state index is -0.796. The number of hydrogen-bond donors (Lipinski definition) is 1. The van der Waals surface area contributed by atoms with Gasteiger partial charge in [0.2, 0.25) is 0 Å². The molecule has 0 unspecified atom stereocenters. The minimum Gasteiger partial charge on any atom is -0.322 e. The fourth-order valence-electron chi connectivity index (χ4n) is 1.47. The second kappa shape index (κ2) is 5.44. The molecule has 6 heteroatoms. The van der Waals surface area contributed by atoms with Gasteiger partial charge in [0.15, 0.2) is 0 Å². The van der Waals surface area contributed by atoms with Crippen LogP contribution >= 0.6 is 15.9 Å². The minimum absolute atomic E-state index is 0.0112. The average Bonchev–Trinajstić information content (AvgIpc) is 2.31. The predicted molar refractivity (Wildman–Crippen MR) is 68.4 cm³/mol. The van der Waals surface area contributed by atoms with Crippen LogP contribution < -0.4 is 5.32 Å². The van der Waals surface area contributed by atoms with E-state index in [0.29, 0.717) is 6.07 Å². The van der Waals surface area contributed by atoms with Crippen molar-refractivity contribution in [3.63, 3.8) is 0 Å². The van der Waals surface area contributed by atoms with Crippen molar-refractivity contribution in [1.29, 1.82) is 0 Å². The molecule has 0 bridgehead atoms. The fraction of sp³-hybridized carbons (Fsp3) is 0. The zero-order valence-electron chi connectivity index (χ0n) is 9.38. The van der Waals surface area contributed by atoms with Gasteiger partial charge in [0.25, 0.3) is 5.91 Å². The van der Waals surface area contributed by atoms with Crippen LogP contribution in [-0.2, 0) is 0 Å². The second-order valence-electron chi connectivity index (χ2n) is 3.74. The lowest BCUT2D eigenvalue weighted by Crippen LogP contribution is -2.12. The van der Waals surface area contributed by atoms with E-state index in [9.17, 15) is 18.0 Å². The molecule has 0 spiro atoms. The highest BCUT2D eigenvalue weighted by atomic mass is 79.9. The summed E-state index contributed by atoms with van der Waals surface area (Å²) in [6.45, 7) is 0. The van der Waals surface area contributed by atoms with E-state index in [0.717, 1.165) is 18.2 Å². The molecule has 2 aromatic rings. The topological polar surface area (TPSA) is 29.1 Å². The molecule has 0 atom stereocenters. The van der Waals surface area contributed by atoms with Gasteiger partial charge in [-0.2, -0.15) is 0 Å². The van der Waals surface area contributed by atoms with Crippen molar-refractivity contribution in [2.24, 2.45) is 0 Å². The van der Waals surface area contributed by atoms with Gasteiger partial charge in [-0.1, -0.05) is 0 Å². The van der Waals surface area contributed by atoms with Gasteiger partial charge in [-0.25, -0.2) is 13.2 Å². The van der Waals surface area contributed by atoms with Gasteiger partial charge in [0.1, 0.15) is 17.5 Å². The third-order valence-electron chi connectivity index (χ3n) is 2.30. The summed E-state index contributed by atoms with van der Waals surface area (Å²) in [6, 6.07) is 6.33. The van der Waals surface area contributed by atoms with Crippen LogP contribution in [0.3, 0.4) is 0 Å². The van der Waals surface area contributed by atoms with Crippen LogP contribution in [0.25, 0.3) is 0 Å². The Morgan fingerprint density at radius 2 is 1.63 bits per heavy atom. The molecule has 0 aromatic heterocycles. The third-order valence-corrected chi connectivity index (χ3v) is 2.91. The Morgan fingerprint density at radius 3 is 2.21 bits per heavy atom. The van der Waals surface area contributed by atoms with Crippen LogP contribution in [0.5, 0.6) is 0 Å². The molecule has 0 heterocycles. The van der Waals surface area contributed by atoms with E-state index in [1.165, 1.54) is 12.1 Å². The van der Waals surface area contributed by atoms with Gasteiger partial charge in [-0.15, -0.1) is 0 Å². The maximum Gasteiger partial charge on any atom is 0.255 e. The Balaban J connectivity index is 2.22. The van der Waals surface area contributed by atoms with Crippen LogP contribution in [-0.4, -0.2) is 5.91 Å². The summed E-state index contributed by atoms with van der Waals surface area (Å²) < 4.78 is 39.0. The summed E-state index contributed by atoms with van der Waals surface area (Å²) in [6.07, 6.45) is 0. The first kappa shape index (κ1) is 13.6. The molecule has 0 fully saturated rings. The van der Waals surface area contributed by atoms with Gasteiger partial charge in [-0.3, -0.25) is 4.79 Å². The molecule has 0 radical (unpaired) electrons. The van der Waals surface area contributed by atoms with Crippen molar-refractivity contribution in [3.8, 4) is 0 Å². The first-order valence-electron chi connectivity index (χ1n) is 5.18. The first-order valence-corrected chi connectivity index (χ1v) is 5.97. The Morgan fingerprint density at radius 1 is 1.00 bits per heavy atom. The third kappa shape index (κ3) is 3.35. The van der Waals surface area contributed by atoms with E-state index in [1.807, 2.05) is 0 Å². The van der Waals surface area contributed by atoms with E-state index < -0.39 is 23.4 Å². The van der Waals surface area contributed by atoms with E-state index in [4.69, 9.17) is 0 Å². The smallest absolute Gasteiger partial charge is 0.255 e. The number of benzene rings is 2. The van der Waals surface area contributed by atoms with Crippen LogP contribution in [0.1, 0.15) is 10.4 Å². The number of amides is 1. The lowest BCUT2D eigenvalue weighted by atomic mass is 10.2. The van der Waals surface area contributed by atoms with Crippen molar-refractivity contribution < 1.29 is 18.0 Å². The van der Waals surface area contributed by atoms with E-state index in [2.05, 4.69) is 21.2 Å². The van der Waals surface area contributed by atoms with Crippen molar-refractivity contribution >= 4 is 27.5 Å². The Labute approximate surface area is 115 Å². The molecule has 0 aliphatic heterocycles. The summed E-state index contributed by atoms with van der Waals surface area (Å²) >= 11 is 2.95. The summed E-state index contributed by atoms with van der Waals surface area (Å²) in [7, 11) is 0. The molecule has 19 heavy (non-hydrogen) atoms. The van der Waals surface area contributed by atoms with Gasteiger partial charge >= 0.3 is 0 Å². The Kier molecular flexibility index (Phi) is 3.90. The molecule has 0 aliphatic rings. The molecule has 0 saturated heterocycles. The fourth-order valence-corrected chi connectivity index (χ4v) is 1.85. The highest BCUT2D eigenvalue weighted by Gasteiger charge is 2.10. The maximum atomic E-state index is 13.0. The van der Waals surface area contributed by atoms with Crippen LogP contribution in [0.4, 0.5) is 18.9 Å². The molecular formula is C13H7BrF3NO. The lowest BCUT2D eigenvalue weighted by Gasteiger charge is -2.06. The first-order chi connectivity index (χ1) is 8.95. The molecular weight excluding hydrogens is 323 g/mol. The lowest BCUT2D eigenvalue weighted by molar-refractivity contribution is 0.102. The molecule has 2 rings (SSSR count). The predicted octanol–water partition coefficient (Wildman–Crippen LogP) is 4.12. The monoisotopic (exact) mass is 329 g/mol. The summed E-state index contributed by atoms with van der Waals surface area (Å²) in [5.74, 6) is -2.69. The number of nitrogens with one attached hydrogen (secondary N) is 1. The molecule has 0 saturated carbocycles. The highest BCUT2D eigenvalue weighted by Crippen LogP contribution is 2.19. The zero-order chi connectivity index (χ0) is 14.0. The quantitative estimate of drug-likeness (QED) is 0.882. The molecule has 98 valence electrons. The van der Waals surface area contributed by atoms with E-state index in [1.54, 1.807) is 0 Å². The molecule has 2 aromatic carbocycles.